The summed E-state index contributed by atoms with van der Waals surface area (Å²) in [4.78, 5) is 26.0. The van der Waals surface area contributed by atoms with E-state index in [4.69, 9.17) is 5.73 Å². The zero-order valence-corrected chi connectivity index (χ0v) is 20.9. The number of amides is 1. The summed E-state index contributed by atoms with van der Waals surface area (Å²) in [6.07, 6.45) is 4.74. The highest BCUT2D eigenvalue weighted by Gasteiger charge is 2.16. The molecule has 8 nitrogen and oxygen atoms in total. The van der Waals surface area contributed by atoms with Crippen LogP contribution in [0.15, 0.2) is 53.7 Å². The largest absolute Gasteiger partial charge is 0.384 e. The SMILES string of the molecule is Cc1cc2cc(Cc3cc(C(=O)NCc4c(C)cc(N)nc4C)ccn3)cc(S(C)(=O)=O)c2cn1. The zero-order valence-electron chi connectivity index (χ0n) is 20.1. The average Bonchev–Trinajstić information content (AvgIpc) is 2.77. The Morgan fingerprint density at radius 3 is 2.54 bits per heavy atom. The first kappa shape index (κ1) is 24.3. The van der Waals surface area contributed by atoms with Crippen molar-refractivity contribution in [2.45, 2.75) is 38.6 Å². The molecule has 3 N–H and O–H groups in total. The minimum absolute atomic E-state index is 0.231. The number of hydrogen-bond acceptors (Lipinski definition) is 7. The van der Waals surface area contributed by atoms with Crippen LogP contribution < -0.4 is 11.1 Å². The molecular formula is C26H27N5O3S. The lowest BCUT2D eigenvalue weighted by Gasteiger charge is -2.12. The van der Waals surface area contributed by atoms with E-state index >= 15 is 0 Å². The zero-order chi connectivity index (χ0) is 25.3. The van der Waals surface area contributed by atoms with Crippen molar-refractivity contribution in [3.05, 3.63) is 88.1 Å². The molecule has 3 heterocycles. The number of pyridine rings is 3. The molecule has 180 valence electrons. The predicted molar refractivity (Wildman–Crippen MR) is 136 cm³/mol. The average molecular weight is 490 g/mol. The molecule has 0 saturated heterocycles. The number of aryl methyl sites for hydroxylation is 3. The number of anilines is 1. The molecule has 0 aliphatic heterocycles. The topological polar surface area (TPSA) is 128 Å². The second kappa shape index (κ2) is 9.42. The molecule has 0 fully saturated rings. The lowest BCUT2D eigenvalue weighted by Crippen LogP contribution is -2.24. The molecule has 0 atom stereocenters. The van der Waals surface area contributed by atoms with Crippen LogP contribution in [-0.2, 0) is 22.8 Å². The van der Waals surface area contributed by atoms with Crippen LogP contribution in [0.4, 0.5) is 5.82 Å². The second-order valence-electron chi connectivity index (χ2n) is 8.74. The van der Waals surface area contributed by atoms with Gasteiger partial charge < -0.3 is 11.1 Å². The molecule has 0 radical (unpaired) electrons. The van der Waals surface area contributed by atoms with Gasteiger partial charge in [0, 0.05) is 59.6 Å². The van der Waals surface area contributed by atoms with Crippen molar-refractivity contribution >= 4 is 32.3 Å². The van der Waals surface area contributed by atoms with Gasteiger partial charge in [0.25, 0.3) is 5.91 Å². The third kappa shape index (κ3) is 5.46. The number of nitrogen functional groups attached to an aromatic ring is 1. The van der Waals surface area contributed by atoms with E-state index in [1.807, 2.05) is 32.9 Å². The quantitative estimate of drug-likeness (QED) is 0.424. The fraction of sp³-hybridized carbons (Fsp3) is 0.231. The highest BCUT2D eigenvalue weighted by Crippen LogP contribution is 2.26. The number of carbonyl (C=O) groups excluding carboxylic acids is 1. The smallest absolute Gasteiger partial charge is 0.251 e. The number of sulfone groups is 1. The van der Waals surface area contributed by atoms with Gasteiger partial charge in [0.1, 0.15) is 5.82 Å². The number of nitrogens with one attached hydrogen (secondary N) is 1. The van der Waals surface area contributed by atoms with Crippen molar-refractivity contribution < 1.29 is 13.2 Å². The van der Waals surface area contributed by atoms with Gasteiger partial charge in [0.2, 0.25) is 0 Å². The molecule has 4 rings (SSSR count). The highest BCUT2D eigenvalue weighted by atomic mass is 32.2. The Labute approximate surface area is 204 Å². The Morgan fingerprint density at radius 2 is 1.83 bits per heavy atom. The molecule has 0 saturated carbocycles. The Kier molecular flexibility index (Phi) is 6.53. The Hall–Kier alpha value is -3.85. The molecule has 0 aliphatic rings. The summed E-state index contributed by atoms with van der Waals surface area (Å²) in [5, 5.41) is 4.32. The maximum absolute atomic E-state index is 12.8. The van der Waals surface area contributed by atoms with Crippen molar-refractivity contribution in [1.29, 1.82) is 0 Å². The first-order valence-electron chi connectivity index (χ1n) is 11.1. The lowest BCUT2D eigenvalue weighted by atomic mass is 10.0. The third-order valence-corrected chi connectivity index (χ3v) is 7.00. The van der Waals surface area contributed by atoms with E-state index in [2.05, 4.69) is 20.3 Å². The number of fused-ring (bicyclic) bond motifs is 1. The van der Waals surface area contributed by atoms with Crippen LogP contribution in [0.25, 0.3) is 10.8 Å². The Balaban J connectivity index is 1.58. The summed E-state index contributed by atoms with van der Waals surface area (Å²) >= 11 is 0. The predicted octanol–water partition coefficient (Wildman–Crippen LogP) is 3.46. The number of rotatable bonds is 6. The van der Waals surface area contributed by atoms with Crippen LogP contribution >= 0.6 is 0 Å². The molecule has 0 spiro atoms. The molecule has 1 aromatic carbocycles. The van der Waals surface area contributed by atoms with Crippen LogP contribution in [0.5, 0.6) is 0 Å². The monoisotopic (exact) mass is 489 g/mol. The van der Waals surface area contributed by atoms with Crippen molar-refractivity contribution in [3.63, 3.8) is 0 Å². The van der Waals surface area contributed by atoms with E-state index in [0.29, 0.717) is 35.4 Å². The minimum atomic E-state index is -3.46. The van der Waals surface area contributed by atoms with Crippen LogP contribution in [0.1, 0.15) is 44.1 Å². The van der Waals surface area contributed by atoms with Gasteiger partial charge in [-0.1, -0.05) is 6.07 Å². The van der Waals surface area contributed by atoms with E-state index in [9.17, 15) is 13.2 Å². The molecule has 0 unspecified atom stereocenters. The van der Waals surface area contributed by atoms with Gasteiger partial charge in [0.15, 0.2) is 9.84 Å². The Morgan fingerprint density at radius 1 is 1.06 bits per heavy atom. The summed E-state index contributed by atoms with van der Waals surface area (Å²) in [6.45, 7) is 5.99. The first-order valence-corrected chi connectivity index (χ1v) is 13.0. The summed E-state index contributed by atoms with van der Waals surface area (Å²) in [5.74, 6) is 0.217. The standard InChI is InChI=1S/C26H27N5O3S/c1-15-7-25(27)31-17(3)22(15)13-30-26(32)19-5-6-28-21(12-19)10-18-9-20-8-16(2)29-14-23(20)24(11-18)35(4,33)34/h5-9,11-12,14H,10,13H2,1-4H3,(H2,27,31)(H,30,32). The normalized spacial score (nSPS) is 11.5. The van der Waals surface area contributed by atoms with Crippen LogP contribution in [0, 0.1) is 20.8 Å². The first-order chi connectivity index (χ1) is 16.5. The molecule has 1 amide bonds. The van der Waals surface area contributed by atoms with Gasteiger partial charge in [-0.25, -0.2) is 13.4 Å². The summed E-state index contributed by atoms with van der Waals surface area (Å²) < 4.78 is 24.9. The number of nitrogens with zero attached hydrogens (tertiary/aromatic N) is 3. The second-order valence-corrected chi connectivity index (χ2v) is 10.7. The minimum Gasteiger partial charge on any atom is -0.384 e. The number of nitrogens with two attached hydrogens (primary N) is 1. The van der Waals surface area contributed by atoms with Gasteiger partial charge in [-0.3, -0.25) is 14.8 Å². The Bertz CT molecular complexity index is 1540. The number of carbonyl (C=O) groups is 1. The van der Waals surface area contributed by atoms with Crippen molar-refractivity contribution in [2.24, 2.45) is 0 Å². The van der Waals surface area contributed by atoms with Crippen molar-refractivity contribution in [1.82, 2.24) is 20.3 Å². The molecule has 0 bridgehead atoms. The van der Waals surface area contributed by atoms with E-state index < -0.39 is 9.84 Å². The number of hydrogen-bond donors (Lipinski definition) is 2. The molecule has 3 aromatic heterocycles. The molecule has 35 heavy (non-hydrogen) atoms. The van der Waals surface area contributed by atoms with Crippen LogP contribution in [-0.4, -0.2) is 35.5 Å². The van der Waals surface area contributed by atoms with Gasteiger partial charge >= 0.3 is 0 Å². The van der Waals surface area contributed by atoms with Crippen molar-refractivity contribution in [3.8, 4) is 0 Å². The maximum Gasteiger partial charge on any atom is 0.251 e. The van der Waals surface area contributed by atoms with Crippen LogP contribution in [0.3, 0.4) is 0 Å². The molecular weight excluding hydrogens is 462 g/mol. The molecule has 0 aliphatic carbocycles. The van der Waals surface area contributed by atoms with Gasteiger partial charge in [-0.15, -0.1) is 0 Å². The summed E-state index contributed by atoms with van der Waals surface area (Å²) in [6, 6.07) is 10.6. The van der Waals surface area contributed by atoms with Gasteiger partial charge in [-0.2, -0.15) is 0 Å². The number of aromatic nitrogens is 3. The molecule has 4 aromatic rings. The van der Waals surface area contributed by atoms with Crippen molar-refractivity contribution in [2.75, 3.05) is 12.0 Å². The summed E-state index contributed by atoms with van der Waals surface area (Å²) in [7, 11) is -3.46. The van der Waals surface area contributed by atoms with E-state index in [1.54, 1.807) is 36.7 Å². The third-order valence-electron chi connectivity index (χ3n) is 5.86. The highest BCUT2D eigenvalue weighted by molar-refractivity contribution is 7.91. The van der Waals surface area contributed by atoms with E-state index in [0.717, 1.165) is 33.5 Å². The fourth-order valence-corrected chi connectivity index (χ4v) is 5.09. The van der Waals surface area contributed by atoms with Crippen LogP contribution in [0.2, 0.25) is 0 Å². The fourth-order valence-electron chi connectivity index (χ4n) is 4.15. The van der Waals surface area contributed by atoms with Gasteiger partial charge in [-0.05, 0) is 73.2 Å². The number of benzene rings is 1. The van der Waals surface area contributed by atoms with E-state index in [-0.39, 0.29) is 10.8 Å². The molecule has 9 heteroatoms. The lowest BCUT2D eigenvalue weighted by molar-refractivity contribution is 0.0950. The van der Waals surface area contributed by atoms with E-state index in [1.165, 1.54) is 6.26 Å². The van der Waals surface area contributed by atoms with Gasteiger partial charge in [0.05, 0.1) is 4.90 Å². The summed E-state index contributed by atoms with van der Waals surface area (Å²) in [5.41, 5.74) is 11.2. The maximum atomic E-state index is 12.8.